The van der Waals surface area contributed by atoms with E-state index in [0.717, 1.165) is 29.0 Å². The maximum absolute atomic E-state index is 12.8. The van der Waals surface area contributed by atoms with Gasteiger partial charge >= 0.3 is 0 Å². The molecule has 7 nitrogen and oxygen atoms in total. The Bertz CT molecular complexity index is 939. The van der Waals surface area contributed by atoms with E-state index in [1.807, 2.05) is 36.6 Å². The molecule has 0 spiro atoms. The standard InChI is InChI=1S/C19H25N5O2/c1-6-24-15(10-13(4)22-24)18(25)21-19-20-14-8-7-9-16(26-5)17(14)23(19)11-12(2)3/h7-10,12H,6,11H2,1-5H3,(H,20,21,25). The second-order valence-electron chi connectivity index (χ2n) is 6.71. The highest BCUT2D eigenvalue weighted by molar-refractivity contribution is 6.03. The van der Waals surface area contributed by atoms with Crippen LogP contribution < -0.4 is 10.1 Å². The molecular formula is C19H25N5O2. The van der Waals surface area contributed by atoms with Gasteiger partial charge in [-0.05, 0) is 38.0 Å². The zero-order valence-corrected chi connectivity index (χ0v) is 15.9. The number of methoxy groups -OCH3 is 1. The monoisotopic (exact) mass is 355 g/mol. The van der Waals surface area contributed by atoms with Gasteiger partial charge in [-0.15, -0.1) is 0 Å². The molecule has 0 aliphatic rings. The van der Waals surface area contributed by atoms with E-state index in [2.05, 4.69) is 29.2 Å². The van der Waals surface area contributed by atoms with Crippen molar-refractivity contribution >= 4 is 22.9 Å². The third kappa shape index (κ3) is 3.29. The number of aryl methyl sites for hydroxylation is 2. The molecule has 2 heterocycles. The third-order valence-electron chi connectivity index (χ3n) is 4.16. The van der Waals surface area contributed by atoms with E-state index < -0.39 is 0 Å². The van der Waals surface area contributed by atoms with E-state index >= 15 is 0 Å². The average molecular weight is 355 g/mol. The Labute approximate surface area is 153 Å². The first-order valence-electron chi connectivity index (χ1n) is 8.83. The lowest BCUT2D eigenvalue weighted by atomic mass is 10.2. The van der Waals surface area contributed by atoms with Crippen molar-refractivity contribution in [2.75, 3.05) is 12.4 Å². The van der Waals surface area contributed by atoms with Gasteiger partial charge in [-0.2, -0.15) is 5.10 Å². The van der Waals surface area contributed by atoms with Gasteiger partial charge < -0.3 is 9.30 Å². The SMILES string of the molecule is CCn1nc(C)cc1C(=O)Nc1nc2cccc(OC)c2n1CC(C)C. The van der Waals surface area contributed by atoms with Gasteiger partial charge in [0.1, 0.15) is 17.0 Å². The molecule has 0 aliphatic carbocycles. The highest BCUT2D eigenvalue weighted by atomic mass is 16.5. The molecule has 1 N–H and O–H groups in total. The molecule has 0 radical (unpaired) electrons. The molecule has 0 unspecified atom stereocenters. The number of nitrogens with one attached hydrogen (secondary N) is 1. The van der Waals surface area contributed by atoms with Crippen LogP contribution in [0.2, 0.25) is 0 Å². The fourth-order valence-electron chi connectivity index (χ4n) is 3.09. The Morgan fingerprint density at radius 1 is 1.35 bits per heavy atom. The topological polar surface area (TPSA) is 74.0 Å². The summed E-state index contributed by atoms with van der Waals surface area (Å²) in [6.45, 7) is 9.44. The lowest BCUT2D eigenvalue weighted by molar-refractivity contribution is 0.101. The van der Waals surface area contributed by atoms with Gasteiger partial charge in [0.05, 0.1) is 18.3 Å². The summed E-state index contributed by atoms with van der Waals surface area (Å²) in [6.07, 6.45) is 0. The summed E-state index contributed by atoms with van der Waals surface area (Å²) >= 11 is 0. The van der Waals surface area contributed by atoms with Crippen LogP contribution in [-0.2, 0) is 13.1 Å². The van der Waals surface area contributed by atoms with Gasteiger partial charge in [0.15, 0.2) is 0 Å². The molecule has 0 saturated carbocycles. The first-order valence-corrected chi connectivity index (χ1v) is 8.83. The predicted molar refractivity (Wildman–Crippen MR) is 102 cm³/mol. The Morgan fingerprint density at radius 3 is 2.77 bits per heavy atom. The van der Waals surface area contributed by atoms with E-state index in [1.165, 1.54) is 0 Å². The quantitative estimate of drug-likeness (QED) is 0.735. The molecule has 3 rings (SSSR count). The molecule has 138 valence electrons. The maximum Gasteiger partial charge on any atom is 0.276 e. The molecule has 0 aliphatic heterocycles. The normalized spacial score (nSPS) is 11.3. The number of hydrogen-bond acceptors (Lipinski definition) is 4. The minimum atomic E-state index is -0.216. The second kappa shape index (κ2) is 7.19. The molecule has 1 aromatic carbocycles. The first kappa shape index (κ1) is 18.0. The van der Waals surface area contributed by atoms with Crippen LogP contribution >= 0.6 is 0 Å². The number of para-hydroxylation sites is 1. The zero-order valence-electron chi connectivity index (χ0n) is 15.9. The molecule has 3 aromatic rings. The van der Waals surface area contributed by atoms with E-state index in [1.54, 1.807) is 17.9 Å². The van der Waals surface area contributed by atoms with Crippen LogP contribution in [0.4, 0.5) is 5.95 Å². The number of ether oxygens (including phenoxy) is 1. The van der Waals surface area contributed by atoms with Crippen LogP contribution in [0, 0.1) is 12.8 Å². The third-order valence-corrected chi connectivity index (χ3v) is 4.16. The van der Waals surface area contributed by atoms with Crippen molar-refractivity contribution in [2.24, 2.45) is 5.92 Å². The van der Waals surface area contributed by atoms with Crippen LogP contribution in [0.15, 0.2) is 24.3 Å². The molecule has 0 bridgehead atoms. The molecule has 1 amide bonds. The Hall–Kier alpha value is -2.83. The van der Waals surface area contributed by atoms with Crippen LogP contribution in [0.25, 0.3) is 11.0 Å². The largest absolute Gasteiger partial charge is 0.494 e. The van der Waals surface area contributed by atoms with E-state index in [-0.39, 0.29) is 5.91 Å². The highest BCUT2D eigenvalue weighted by Gasteiger charge is 2.20. The number of hydrogen-bond donors (Lipinski definition) is 1. The van der Waals surface area contributed by atoms with E-state index in [0.29, 0.717) is 24.1 Å². The summed E-state index contributed by atoms with van der Waals surface area (Å²) in [6, 6.07) is 7.51. The fourth-order valence-corrected chi connectivity index (χ4v) is 3.09. The van der Waals surface area contributed by atoms with Crippen molar-refractivity contribution in [1.29, 1.82) is 0 Å². The zero-order chi connectivity index (χ0) is 18.8. The molecule has 0 saturated heterocycles. The number of fused-ring (bicyclic) bond motifs is 1. The van der Waals surface area contributed by atoms with Gasteiger partial charge in [0.25, 0.3) is 5.91 Å². The maximum atomic E-state index is 12.8. The number of aromatic nitrogens is 4. The van der Waals surface area contributed by atoms with E-state index in [9.17, 15) is 4.79 Å². The lowest BCUT2D eigenvalue weighted by Gasteiger charge is -2.14. The summed E-state index contributed by atoms with van der Waals surface area (Å²) in [5, 5.41) is 7.30. The van der Waals surface area contributed by atoms with Crippen molar-refractivity contribution in [3.8, 4) is 5.75 Å². The lowest BCUT2D eigenvalue weighted by Crippen LogP contribution is -2.20. The highest BCUT2D eigenvalue weighted by Crippen LogP contribution is 2.29. The number of carbonyl (C=O) groups excluding carboxylic acids is 1. The fraction of sp³-hybridized carbons (Fsp3) is 0.421. The van der Waals surface area contributed by atoms with Crippen LogP contribution in [0.5, 0.6) is 5.75 Å². The van der Waals surface area contributed by atoms with Crippen LogP contribution in [0.3, 0.4) is 0 Å². The molecule has 7 heteroatoms. The molecule has 26 heavy (non-hydrogen) atoms. The number of amides is 1. The van der Waals surface area contributed by atoms with Crippen molar-refractivity contribution in [3.63, 3.8) is 0 Å². The summed E-state index contributed by atoms with van der Waals surface area (Å²) in [7, 11) is 1.64. The number of carbonyl (C=O) groups is 1. The second-order valence-corrected chi connectivity index (χ2v) is 6.71. The average Bonchev–Trinajstić information content (AvgIpc) is 3.15. The minimum absolute atomic E-state index is 0.216. The van der Waals surface area contributed by atoms with Crippen LogP contribution in [-0.4, -0.2) is 32.3 Å². The summed E-state index contributed by atoms with van der Waals surface area (Å²) in [4.78, 5) is 17.4. The minimum Gasteiger partial charge on any atom is -0.494 e. The van der Waals surface area contributed by atoms with Gasteiger partial charge in [0, 0.05) is 13.1 Å². The Balaban J connectivity index is 2.05. The smallest absolute Gasteiger partial charge is 0.276 e. The molecular weight excluding hydrogens is 330 g/mol. The van der Waals surface area contributed by atoms with Crippen molar-refractivity contribution < 1.29 is 9.53 Å². The summed E-state index contributed by atoms with van der Waals surface area (Å²) in [5.74, 6) is 1.43. The Kier molecular flexibility index (Phi) is 4.97. The van der Waals surface area contributed by atoms with Gasteiger partial charge in [-0.3, -0.25) is 14.8 Å². The first-order chi connectivity index (χ1) is 12.4. The van der Waals surface area contributed by atoms with Crippen molar-refractivity contribution in [3.05, 3.63) is 35.7 Å². The van der Waals surface area contributed by atoms with E-state index in [4.69, 9.17) is 4.74 Å². The summed E-state index contributed by atoms with van der Waals surface area (Å²) < 4.78 is 9.21. The number of imidazole rings is 1. The van der Waals surface area contributed by atoms with Gasteiger partial charge in [-0.25, -0.2) is 4.98 Å². The van der Waals surface area contributed by atoms with Gasteiger partial charge in [0.2, 0.25) is 5.95 Å². The molecule has 0 atom stereocenters. The van der Waals surface area contributed by atoms with Crippen LogP contribution in [0.1, 0.15) is 37.0 Å². The number of benzene rings is 1. The number of anilines is 1. The predicted octanol–water partition coefficient (Wildman–Crippen LogP) is 3.48. The molecule has 0 fully saturated rings. The van der Waals surface area contributed by atoms with Gasteiger partial charge in [-0.1, -0.05) is 19.9 Å². The molecule has 2 aromatic heterocycles. The Morgan fingerprint density at radius 2 is 2.12 bits per heavy atom. The van der Waals surface area contributed by atoms with Crippen molar-refractivity contribution in [1.82, 2.24) is 19.3 Å². The van der Waals surface area contributed by atoms with Crippen molar-refractivity contribution in [2.45, 2.75) is 40.8 Å². The number of rotatable bonds is 6. The summed E-state index contributed by atoms with van der Waals surface area (Å²) in [5.41, 5.74) is 3.02. The number of nitrogens with zero attached hydrogens (tertiary/aromatic N) is 4.